The van der Waals surface area contributed by atoms with E-state index in [1.165, 1.54) is 5.69 Å². The molecule has 1 aromatic heterocycles. The second-order valence-electron chi connectivity index (χ2n) is 5.27. The zero-order chi connectivity index (χ0) is 14.8. The first-order chi connectivity index (χ1) is 10.1. The Labute approximate surface area is 129 Å². The van der Waals surface area contributed by atoms with Crippen molar-refractivity contribution < 1.29 is 4.74 Å². The minimum absolute atomic E-state index is 0.276. The van der Waals surface area contributed by atoms with Crippen molar-refractivity contribution in [3.05, 3.63) is 41.6 Å². The molecule has 5 heteroatoms. The van der Waals surface area contributed by atoms with Crippen LogP contribution in [0.15, 0.2) is 36.5 Å². The predicted octanol–water partition coefficient (Wildman–Crippen LogP) is 3.21. The Morgan fingerprint density at radius 1 is 1.29 bits per heavy atom. The molecule has 4 nitrogen and oxygen atoms in total. The maximum Gasteiger partial charge on any atom is 0.142 e. The van der Waals surface area contributed by atoms with Gasteiger partial charge in [0, 0.05) is 30.5 Å². The van der Waals surface area contributed by atoms with Crippen LogP contribution in [0, 0.1) is 0 Å². The minimum Gasteiger partial charge on any atom is -0.382 e. The first-order valence-electron chi connectivity index (χ1n) is 7.01. The topological polar surface area (TPSA) is 51.4 Å². The third kappa shape index (κ3) is 3.12. The van der Waals surface area contributed by atoms with Gasteiger partial charge < -0.3 is 15.4 Å². The maximum absolute atomic E-state index is 6.02. The summed E-state index contributed by atoms with van der Waals surface area (Å²) in [5.41, 5.74) is 8.90. The Kier molecular flexibility index (Phi) is 3.99. The SMILES string of the molecule is C[C@H]1CN(c2ccc(-c3cnc(N)c(Cl)c3)cc2)CCO1. The summed E-state index contributed by atoms with van der Waals surface area (Å²) in [5.74, 6) is 0.361. The summed E-state index contributed by atoms with van der Waals surface area (Å²) in [4.78, 5) is 6.44. The highest BCUT2D eigenvalue weighted by molar-refractivity contribution is 6.33. The van der Waals surface area contributed by atoms with Crippen LogP contribution >= 0.6 is 11.6 Å². The number of hydrogen-bond acceptors (Lipinski definition) is 4. The molecule has 0 bridgehead atoms. The number of rotatable bonds is 2. The lowest BCUT2D eigenvalue weighted by Gasteiger charge is -2.33. The molecule has 110 valence electrons. The van der Waals surface area contributed by atoms with Crippen LogP contribution in [0.25, 0.3) is 11.1 Å². The summed E-state index contributed by atoms with van der Waals surface area (Å²) in [5, 5.41) is 0.485. The van der Waals surface area contributed by atoms with Crippen molar-refractivity contribution in [2.75, 3.05) is 30.3 Å². The zero-order valence-electron chi connectivity index (χ0n) is 11.9. The van der Waals surface area contributed by atoms with Gasteiger partial charge in [-0.15, -0.1) is 0 Å². The lowest BCUT2D eigenvalue weighted by atomic mass is 10.1. The van der Waals surface area contributed by atoms with E-state index in [1.807, 2.05) is 6.07 Å². The Balaban J connectivity index is 1.81. The van der Waals surface area contributed by atoms with E-state index in [0.29, 0.717) is 10.8 Å². The third-order valence-electron chi connectivity index (χ3n) is 3.68. The second-order valence-corrected chi connectivity index (χ2v) is 5.67. The Morgan fingerprint density at radius 2 is 2.05 bits per heavy atom. The van der Waals surface area contributed by atoms with Crippen LogP contribution in [-0.4, -0.2) is 30.8 Å². The monoisotopic (exact) mass is 303 g/mol. The summed E-state index contributed by atoms with van der Waals surface area (Å²) in [6.45, 7) is 4.73. The van der Waals surface area contributed by atoms with E-state index in [0.717, 1.165) is 30.8 Å². The molecule has 1 aliphatic heterocycles. The molecule has 0 spiro atoms. The number of benzene rings is 1. The fourth-order valence-corrected chi connectivity index (χ4v) is 2.69. The van der Waals surface area contributed by atoms with Crippen LogP contribution in [0.1, 0.15) is 6.92 Å². The van der Waals surface area contributed by atoms with Crippen LogP contribution in [0.3, 0.4) is 0 Å². The Morgan fingerprint density at radius 3 is 2.71 bits per heavy atom. The third-order valence-corrected chi connectivity index (χ3v) is 3.98. The largest absolute Gasteiger partial charge is 0.382 e. The van der Waals surface area contributed by atoms with Gasteiger partial charge in [0.25, 0.3) is 0 Å². The fourth-order valence-electron chi connectivity index (χ4n) is 2.52. The van der Waals surface area contributed by atoms with E-state index in [2.05, 4.69) is 41.1 Å². The number of nitrogens with zero attached hydrogens (tertiary/aromatic N) is 2. The predicted molar refractivity (Wildman–Crippen MR) is 86.7 cm³/mol. The fraction of sp³-hybridized carbons (Fsp3) is 0.312. The molecule has 1 aliphatic rings. The van der Waals surface area contributed by atoms with Crippen LogP contribution < -0.4 is 10.6 Å². The van der Waals surface area contributed by atoms with Crippen LogP contribution in [0.2, 0.25) is 5.02 Å². The Hall–Kier alpha value is -1.78. The van der Waals surface area contributed by atoms with Crippen LogP contribution in [0.5, 0.6) is 0 Å². The smallest absolute Gasteiger partial charge is 0.142 e. The Bertz CT molecular complexity index is 630. The molecule has 1 saturated heterocycles. The number of ether oxygens (including phenoxy) is 1. The molecule has 3 rings (SSSR count). The van der Waals surface area contributed by atoms with Crippen molar-refractivity contribution in [3.63, 3.8) is 0 Å². The number of nitrogen functional groups attached to an aromatic ring is 1. The van der Waals surface area contributed by atoms with Gasteiger partial charge in [-0.05, 0) is 30.7 Å². The van der Waals surface area contributed by atoms with Crippen molar-refractivity contribution in [2.45, 2.75) is 13.0 Å². The molecule has 21 heavy (non-hydrogen) atoms. The van der Waals surface area contributed by atoms with E-state index in [-0.39, 0.29) is 6.10 Å². The van der Waals surface area contributed by atoms with Gasteiger partial charge in [-0.3, -0.25) is 0 Å². The molecule has 2 heterocycles. The highest BCUT2D eigenvalue weighted by atomic mass is 35.5. The lowest BCUT2D eigenvalue weighted by molar-refractivity contribution is 0.0532. The van der Waals surface area contributed by atoms with Gasteiger partial charge >= 0.3 is 0 Å². The molecule has 0 amide bonds. The molecule has 2 N–H and O–H groups in total. The van der Waals surface area contributed by atoms with Crippen molar-refractivity contribution in [2.24, 2.45) is 0 Å². The number of hydrogen-bond donors (Lipinski definition) is 1. The number of halogens is 1. The first-order valence-corrected chi connectivity index (χ1v) is 7.39. The number of anilines is 2. The molecular formula is C16H18ClN3O. The quantitative estimate of drug-likeness (QED) is 0.925. The average Bonchev–Trinajstić information content (AvgIpc) is 2.50. The standard InChI is InChI=1S/C16H18ClN3O/c1-11-10-20(6-7-21-11)14-4-2-12(3-5-14)13-8-15(17)16(18)19-9-13/h2-5,8-9,11H,6-7,10H2,1H3,(H2,18,19)/t11-/m0/s1. The number of morpholine rings is 1. The van der Waals surface area contributed by atoms with Crippen LogP contribution in [0.4, 0.5) is 11.5 Å². The normalized spacial score (nSPS) is 18.8. The second kappa shape index (κ2) is 5.92. The number of pyridine rings is 1. The lowest BCUT2D eigenvalue weighted by Crippen LogP contribution is -2.41. The molecule has 1 aromatic carbocycles. The van der Waals surface area contributed by atoms with Gasteiger partial charge in [-0.2, -0.15) is 0 Å². The van der Waals surface area contributed by atoms with E-state index in [1.54, 1.807) is 6.20 Å². The van der Waals surface area contributed by atoms with Crippen molar-refractivity contribution in [1.82, 2.24) is 4.98 Å². The molecule has 1 atom stereocenters. The van der Waals surface area contributed by atoms with Gasteiger partial charge in [0.1, 0.15) is 5.82 Å². The van der Waals surface area contributed by atoms with Gasteiger partial charge in [0.2, 0.25) is 0 Å². The summed E-state index contributed by atoms with van der Waals surface area (Å²) >= 11 is 6.02. The van der Waals surface area contributed by atoms with E-state index < -0.39 is 0 Å². The minimum atomic E-state index is 0.276. The molecular weight excluding hydrogens is 286 g/mol. The van der Waals surface area contributed by atoms with E-state index in [4.69, 9.17) is 22.1 Å². The average molecular weight is 304 g/mol. The summed E-state index contributed by atoms with van der Waals surface area (Å²) < 4.78 is 5.57. The van der Waals surface area contributed by atoms with E-state index >= 15 is 0 Å². The molecule has 2 aromatic rings. The first kappa shape index (κ1) is 14.2. The van der Waals surface area contributed by atoms with Crippen molar-refractivity contribution in [1.29, 1.82) is 0 Å². The molecule has 0 unspecified atom stereocenters. The molecule has 0 aliphatic carbocycles. The zero-order valence-corrected chi connectivity index (χ0v) is 12.7. The van der Waals surface area contributed by atoms with Gasteiger partial charge in [0.15, 0.2) is 0 Å². The van der Waals surface area contributed by atoms with Crippen molar-refractivity contribution >= 4 is 23.1 Å². The van der Waals surface area contributed by atoms with E-state index in [9.17, 15) is 0 Å². The molecule has 1 fully saturated rings. The highest BCUT2D eigenvalue weighted by Crippen LogP contribution is 2.27. The highest BCUT2D eigenvalue weighted by Gasteiger charge is 2.16. The van der Waals surface area contributed by atoms with Crippen LogP contribution in [-0.2, 0) is 4.74 Å². The summed E-state index contributed by atoms with van der Waals surface area (Å²) in [6, 6.07) is 10.3. The van der Waals surface area contributed by atoms with Crippen molar-refractivity contribution in [3.8, 4) is 11.1 Å². The maximum atomic E-state index is 6.02. The summed E-state index contributed by atoms with van der Waals surface area (Å²) in [6.07, 6.45) is 2.02. The summed E-state index contributed by atoms with van der Waals surface area (Å²) in [7, 11) is 0. The number of aromatic nitrogens is 1. The molecule has 0 radical (unpaired) electrons. The van der Waals surface area contributed by atoms with Gasteiger partial charge in [0.05, 0.1) is 17.7 Å². The van der Waals surface area contributed by atoms with Gasteiger partial charge in [-0.1, -0.05) is 23.7 Å². The molecule has 0 saturated carbocycles. The van der Waals surface area contributed by atoms with Gasteiger partial charge in [-0.25, -0.2) is 4.98 Å². The number of nitrogens with two attached hydrogens (primary N) is 1.